The molecule has 0 bridgehead atoms. The van der Waals surface area contributed by atoms with Crippen molar-refractivity contribution in [1.82, 2.24) is 0 Å². The topological polar surface area (TPSA) is 55.4 Å². The van der Waals surface area contributed by atoms with Gasteiger partial charge in [-0.15, -0.1) is 0 Å². The summed E-state index contributed by atoms with van der Waals surface area (Å²) in [6, 6.07) is 10.9. The van der Waals surface area contributed by atoms with Gasteiger partial charge < -0.3 is 10.1 Å². The minimum atomic E-state index is -0.438. The normalized spacial score (nSPS) is 10.3. The molecule has 126 valence electrons. The Bertz CT molecular complexity index is 743. The standard InChI is InChI=1S/C19H20ClNO3/c1-3-4-9-24-19(23)17-7-5-14(11-18(17)21-12-22)16-8-6-15(20)10-13(16)2/h5-8,10-12H,3-4,9H2,1-2H3,(H,21,22). The molecular weight excluding hydrogens is 326 g/mol. The van der Waals surface area contributed by atoms with Gasteiger partial charge in [0, 0.05) is 5.02 Å². The van der Waals surface area contributed by atoms with E-state index in [1.54, 1.807) is 12.1 Å². The van der Waals surface area contributed by atoms with Crippen LogP contribution in [0, 0.1) is 6.92 Å². The Labute approximate surface area is 146 Å². The smallest absolute Gasteiger partial charge is 0.340 e. The molecule has 4 nitrogen and oxygen atoms in total. The van der Waals surface area contributed by atoms with E-state index in [-0.39, 0.29) is 0 Å². The number of hydrogen-bond donors (Lipinski definition) is 1. The maximum absolute atomic E-state index is 12.2. The molecule has 24 heavy (non-hydrogen) atoms. The third-order valence-corrected chi connectivity index (χ3v) is 3.92. The fraction of sp³-hybridized carbons (Fsp3) is 0.263. The summed E-state index contributed by atoms with van der Waals surface area (Å²) in [4.78, 5) is 23.1. The molecule has 0 heterocycles. The molecule has 1 amide bonds. The lowest BCUT2D eigenvalue weighted by Crippen LogP contribution is -2.10. The van der Waals surface area contributed by atoms with Gasteiger partial charge in [0.25, 0.3) is 0 Å². The second kappa shape index (κ2) is 8.50. The van der Waals surface area contributed by atoms with Crippen LogP contribution in [0.1, 0.15) is 35.7 Å². The van der Waals surface area contributed by atoms with Gasteiger partial charge in [0.15, 0.2) is 0 Å². The van der Waals surface area contributed by atoms with Gasteiger partial charge in [0.05, 0.1) is 17.9 Å². The lowest BCUT2D eigenvalue weighted by atomic mass is 9.98. The van der Waals surface area contributed by atoms with Crippen LogP contribution in [-0.2, 0) is 9.53 Å². The number of rotatable bonds is 7. The van der Waals surface area contributed by atoms with Crippen molar-refractivity contribution < 1.29 is 14.3 Å². The highest BCUT2D eigenvalue weighted by Crippen LogP contribution is 2.30. The van der Waals surface area contributed by atoms with Crippen LogP contribution >= 0.6 is 11.6 Å². The highest BCUT2D eigenvalue weighted by Gasteiger charge is 2.14. The number of unbranched alkanes of at least 4 members (excludes halogenated alkanes) is 1. The van der Waals surface area contributed by atoms with E-state index in [4.69, 9.17) is 16.3 Å². The number of nitrogens with one attached hydrogen (secondary N) is 1. The molecular formula is C19H20ClNO3. The average Bonchev–Trinajstić information content (AvgIpc) is 2.55. The molecule has 0 aromatic heterocycles. The quantitative estimate of drug-likeness (QED) is 0.443. The van der Waals surface area contributed by atoms with E-state index < -0.39 is 5.97 Å². The fourth-order valence-electron chi connectivity index (χ4n) is 2.41. The Morgan fingerprint density at radius 3 is 2.71 bits per heavy atom. The maximum Gasteiger partial charge on any atom is 0.340 e. The van der Waals surface area contributed by atoms with E-state index in [1.165, 1.54) is 0 Å². The van der Waals surface area contributed by atoms with Crippen LogP contribution < -0.4 is 5.32 Å². The van der Waals surface area contributed by atoms with E-state index in [0.717, 1.165) is 29.5 Å². The number of carbonyl (C=O) groups excluding carboxylic acids is 2. The molecule has 0 unspecified atom stereocenters. The Kier molecular flexibility index (Phi) is 6.38. The molecule has 0 fully saturated rings. The predicted molar refractivity (Wildman–Crippen MR) is 96.5 cm³/mol. The zero-order chi connectivity index (χ0) is 17.5. The van der Waals surface area contributed by atoms with Crippen molar-refractivity contribution >= 4 is 29.7 Å². The lowest BCUT2D eigenvalue weighted by Gasteiger charge is -2.12. The summed E-state index contributed by atoms with van der Waals surface area (Å²) < 4.78 is 5.23. The number of ether oxygens (including phenoxy) is 1. The van der Waals surface area contributed by atoms with Gasteiger partial charge in [-0.1, -0.05) is 37.1 Å². The number of esters is 1. The first-order valence-electron chi connectivity index (χ1n) is 7.84. The highest BCUT2D eigenvalue weighted by molar-refractivity contribution is 6.30. The maximum atomic E-state index is 12.2. The molecule has 1 N–H and O–H groups in total. The van der Waals surface area contributed by atoms with Crippen molar-refractivity contribution in [3.05, 3.63) is 52.5 Å². The van der Waals surface area contributed by atoms with Crippen LogP contribution in [0.3, 0.4) is 0 Å². The first kappa shape index (κ1) is 18.0. The zero-order valence-electron chi connectivity index (χ0n) is 13.8. The summed E-state index contributed by atoms with van der Waals surface area (Å²) in [5.41, 5.74) is 3.66. The Balaban J connectivity index is 2.35. The number of anilines is 1. The number of carbonyl (C=O) groups is 2. The molecule has 0 aliphatic carbocycles. The molecule has 0 spiro atoms. The van der Waals surface area contributed by atoms with Gasteiger partial charge in [0.1, 0.15) is 0 Å². The van der Waals surface area contributed by atoms with Gasteiger partial charge in [0.2, 0.25) is 6.41 Å². The van der Waals surface area contributed by atoms with Crippen molar-refractivity contribution in [1.29, 1.82) is 0 Å². The average molecular weight is 346 g/mol. The van der Waals surface area contributed by atoms with Gasteiger partial charge in [-0.3, -0.25) is 4.79 Å². The van der Waals surface area contributed by atoms with Crippen LogP contribution in [0.4, 0.5) is 5.69 Å². The molecule has 2 aromatic carbocycles. The summed E-state index contributed by atoms with van der Waals surface area (Å²) in [5.74, 6) is -0.438. The number of amides is 1. The third-order valence-electron chi connectivity index (χ3n) is 3.68. The Morgan fingerprint density at radius 2 is 2.04 bits per heavy atom. The van der Waals surface area contributed by atoms with Crippen molar-refractivity contribution in [2.75, 3.05) is 11.9 Å². The molecule has 0 saturated heterocycles. The summed E-state index contributed by atoms with van der Waals surface area (Å²) in [6.45, 7) is 4.35. The van der Waals surface area contributed by atoms with Crippen molar-refractivity contribution in [3.63, 3.8) is 0 Å². The first-order chi connectivity index (χ1) is 11.6. The molecule has 0 radical (unpaired) electrons. The van der Waals surface area contributed by atoms with E-state index in [9.17, 15) is 9.59 Å². The van der Waals surface area contributed by atoms with Crippen LogP contribution in [-0.4, -0.2) is 19.0 Å². The largest absolute Gasteiger partial charge is 0.462 e. The molecule has 2 aromatic rings. The Hall–Kier alpha value is -2.33. The number of aryl methyl sites for hydroxylation is 1. The van der Waals surface area contributed by atoms with Crippen molar-refractivity contribution in [2.45, 2.75) is 26.7 Å². The molecule has 0 aliphatic heterocycles. The summed E-state index contributed by atoms with van der Waals surface area (Å²) in [6.07, 6.45) is 2.31. The van der Waals surface area contributed by atoms with Crippen molar-refractivity contribution in [2.24, 2.45) is 0 Å². The van der Waals surface area contributed by atoms with Crippen LogP contribution in [0.2, 0.25) is 5.02 Å². The molecule has 0 atom stereocenters. The Morgan fingerprint density at radius 1 is 1.25 bits per heavy atom. The highest BCUT2D eigenvalue weighted by atomic mass is 35.5. The van der Waals surface area contributed by atoms with Gasteiger partial charge in [-0.05, 0) is 54.3 Å². The predicted octanol–water partition coefficient (Wildman–Crippen LogP) is 4.84. The molecule has 5 heteroatoms. The first-order valence-corrected chi connectivity index (χ1v) is 8.22. The summed E-state index contributed by atoms with van der Waals surface area (Å²) >= 11 is 5.99. The van der Waals surface area contributed by atoms with Gasteiger partial charge in [-0.2, -0.15) is 0 Å². The fourth-order valence-corrected chi connectivity index (χ4v) is 2.64. The van der Waals surface area contributed by atoms with E-state index in [0.29, 0.717) is 29.3 Å². The molecule has 0 saturated carbocycles. The molecule has 2 rings (SSSR count). The van der Waals surface area contributed by atoms with Crippen molar-refractivity contribution in [3.8, 4) is 11.1 Å². The number of benzene rings is 2. The van der Waals surface area contributed by atoms with E-state index >= 15 is 0 Å². The number of halogens is 1. The van der Waals surface area contributed by atoms with Gasteiger partial charge in [-0.25, -0.2) is 4.79 Å². The third kappa shape index (κ3) is 4.36. The van der Waals surface area contributed by atoms with E-state index in [1.807, 2.05) is 38.1 Å². The minimum Gasteiger partial charge on any atom is -0.462 e. The van der Waals surface area contributed by atoms with Crippen LogP contribution in [0.5, 0.6) is 0 Å². The van der Waals surface area contributed by atoms with Gasteiger partial charge >= 0.3 is 5.97 Å². The molecule has 0 aliphatic rings. The number of hydrogen-bond acceptors (Lipinski definition) is 3. The summed E-state index contributed by atoms with van der Waals surface area (Å²) in [7, 11) is 0. The van der Waals surface area contributed by atoms with E-state index in [2.05, 4.69) is 5.32 Å². The minimum absolute atomic E-state index is 0.341. The summed E-state index contributed by atoms with van der Waals surface area (Å²) in [5, 5.41) is 3.25. The monoisotopic (exact) mass is 345 g/mol. The van der Waals surface area contributed by atoms with Crippen LogP contribution in [0.15, 0.2) is 36.4 Å². The SMILES string of the molecule is CCCCOC(=O)c1ccc(-c2ccc(Cl)cc2C)cc1NC=O. The zero-order valence-corrected chi connectivity index (χ0v) is 14.5. The second-order valence-corrected chi connectivity index (χ2v) is 5.91. The van der Waals surface area contributed by atoms with Crippen LogP contribution in [0.25, 0.3) is 11.1 Å². The second-order valence-electron chi connectivity index (χ2n) is 5.47. The lowest BCUT2D eigenvalue weighted by molar-refractivity contribution is -0.105.